The Labute approximate surface area is 187 Å². The van der Waals surface area contributed by atoms with Gasteiger partial charge in [-0.2, -0.15) is 0 Å². The van der Waals surface area contributed by atoms with Crippen LogP contribution in [-0.4, -0.2) is 47.4 Å². The smallest absolute Gasteiger partial charge is 0.242 e. The minimum Gasteiger partial charge on any atom is -0.491 e. The van der Waals surface area contributed by atoms with Gasteiger partial charge in [0.1, 0.15) is 18.9 Å². The van der Waals surface area contributed by atoms with Crippen LogP contribution in [0.25, 0.3) is 0 Å². The summed E-state index contributed by atoms with van der Waals surface area (Å²) in [6.07, 6.45) is 2.05. The molecule has 0 fully saturated rings. The molecule has 0 N–H and O–H groups in total. The molecule has 0 spiro atoms. The average Bonchev–Trinajstić information content (AvgIpc) is 3.24. The number of rotatable bonds is 8. The largest absolute Gasteiger partial charge is 0.491 e. The number of amides is 2. The molecule has 0 aliphatic carbocycles. The van der Waals surface area contributed by atoms with Crippen LogP contribution in [0.4, 0.5) is 0 Å². The molecule has 1 aliphatic heterocycles. The van der Waals surface area contributed by atoms with Crippen molar-refractivity contribution >= 4 is 34.8 Å². The fraction of sp³-hybridized carbons (Fsp3) is 0.478. The van der Waals surface area contributed by atoms with Gasteiger partial charge in [0.25, 0.3) is 0 Å². The number of benzene rings is 1. The van der Waals surface area contributed by atoms with Crippen LogP contribution in [0.2, 0.25) is 5.02 Å². The van der Waals surface area contributed by atoms with Crippen LogP contribution in [0.15, 0.2) is 35.7 Å². The van der Waals surface area contributed by atoms with Crippen molar-refractivity contribution in [3.05, 3.63) is 51.2 Å². The SMILES string of the molecule is CCC(=O)N(CC(=O)N1CCc2sccc2[C@H]1COc1ccc(Cl)cc1)[C@H](C)CC. The van der Waals surface area contributed by atoms with Crippen molar-refractivity contribution in [2.45, 2.75) is 52.1 Å². The highest BCUT2D eigenvalue weighted by Gasteiger charge is 2.34. The lowest BCUT2D eigenvalue weighted by molar-refractivity contribution is -0.144. The molecule has 0 radical (unpaired) electrons. The van der Waals surface area contributed by atoms with Crippen LogP contribution in [0.1, 0.15) is 50.1 Å². The molecular formula is C23H29ClN2O3S. The van der Waals surface area contributed by atoms with E-state index in [9.17, 15) is 9.59 Å². The maximum absolute atomic E-state index is 13.3. The zero-order valence-corrected chi connectivity index (χ0v) is 19.3. The van der Waals surface area contributed by atoms with E-state index in [2.05, 4.69) is 11.4 Å². The minimum atomic E-state index is -0.168. The van der Waals surface area contributed by atoms with Crippen LogP contribution in [0.3, 0.4) is 0 Å². The first-order valence-electron chi connectivity index (χ1n) is 10.5. The summed E-state index contributed by atoms with van der Waals surface area (Å²) in [6.45, 7) is 6.97. The highest BCUT2D eigenvalue weighted by molar-refractivity contribution is 7.10. The van der Waals surface area contributed by atoms with Crippen molar-refractivity contribution in [2.75, 3.05) is 19.7 Å². The third-order valence-electron chi connectivity index (χ3n) is 5.69. The van der Waals surface area contributed by atoms with Gasteiger partial charge in [-0.3, -0.25) is 9.59 Å². The molecule has 2 amide bonds. The van der Waals surface area contributed by atoms with Gasteiger partial charge in [-0.1, -0.05) is 25.4 Å². The van der Waals surface area contributed by atoms with E-state index >= 15 is 0 Å². The molecule has 2 atom stereocenters. The number of ether oxygens (including phenoxy) is 1. The number of thiophene rings is 1. The standard InChI is InChI=1S/C23H29ClN2O3S/c1-4-16(3)26(22(27)5-2)14-23(28)25-12-10-21-19(11-13-30-21)20(25)15-29-18-8-6-17(24)7-9-18/h6-9,11,13,16,20H,4-5,10,12,14-15H2,1-3H3/t16-,20-/m1/s1. The van der Waals surface area contributed by atoms with Gasteiger partial charge in [0.05, 0.1) is 6.04 Å². The highest BCUT2D eigenvalue weighted by atomic mass is 35.5. The van der Waals surface area contributed by atoms with Crippen molar-refractivity contribution < 1.29 is 14.3 Å². The van der Waals surface area contributed by atoms with Crippen LogP contribution >= 0.6 is 22.9 Å². The van der Waals surface area contributed by atoms with Crippen LogP contribution in [-0.2, 0) is 16.0 Å². The van der Waals surface area contributed by atoms with Gasteiger partial charge in [0.15, 0.2) is 0 Å². The number of hydrogen-bond donors (Lipinski definition) is 0. The predicted molar refractivity (Wildman–Crippen MR) is 121 cm³/mol. The molecule has 1 aliphatic rings. The second-order valence-electron chi connectivity index (χ2n) is 7.55. The molecule has 2 heterocycles. The van der Waals surface area contributed by atoms with E-state index in [0.29, 0.717) is 24.6 Å². The Balaban J connectivity index is 1.77. The van der Waals surface area contributed by atoms with E-state index in [4.69, 9.17) is 16.3 Å². The molecule has 0 unspecified atom stereocenters. The Bertz CT molecular complexity index is 868. The molecule has 3 rings (SSSR count). The average molecular weight is 449 g/mol. The summed E-state index contributed by atoms with van der Waals surface area (Å²) in [5, 5.41) is 2.72. The highest BCUT2D eigenvalue weighted by Crippen LogP contribution is 2.34. The topological polar surface area (TPSA) is 49.9 Å². The van der Waals surface area contributed by atoms with E-state index in [1.165, 1.54) is 4.88 Å². The Morgan fingerprint density at radius 3 is 2.67 bits per heavy atom. The summed E-state index contributed by atoms with van der Waals surface area (Å²) < 4.78 is 6.02. The lowest BCUT2D eigenvalue weighted by atomic mass is 10.00. The van der Waals surface area contributed by atoms with E-state index < -0.39 is 0 Å². The van der Waals surface area contributed by atoms with Crippen LogP contribution in [0.5, 0.6) is 5.75 Å². The maximum atomic E-state index is 13.3. The van der Waals surface area contributed by atoms with Gasteiger partial charge < -0.3 is 14.5 Å². The number of hydrogen-bond acceptors (Lipinski definition) is 4. The van der Waals surface area contributed by atoms with Crippen LogP contribution < -0.4 is 4.74 Å². The molecule has 1 aromatic carbocycles. The fourth-order valence-corrected chi connectivity index (χ4v) is 4.78. The summed E-state index contributed by atoms with van der Waals surface area (Å²) >= 11 is 7.68. The van der Waals surface area contributed by atoms with E-state index in [0.717, 1.165) is 24.2 Å². The van der Waals surface area contributed by atoms with E-state index in [-0.39, 0.29) is 30.4 Å². The Kier molecular flexibility index (Phi) is 7.78. The maximum Gasteiger partial charge on any atom is 0.242 e. The first-order chi connectivity index (χ1) is 14.4. The van der Waals surface area contributed by atoms with Crippen molar-refractivity contribution in [1.82, 2.24) is 9.80 Å². The molecule has 5 nitrogen and oxygen atoms in total. The summed E-state index contributed by atoms with van der Waals surface area (Å²) in [4.78, 5) is 30.6. The monoisotopic (exact) mass is 448 g/mol. The molecule has 0 saturated heterocycles. The molecule has 162 valence electrons. The number of halogens is 1. The number of carbonyl (C=O) groups is 2. The Morgan fingerprint density at radius 1 is 1.27 bits per heavy atom. The molecule has 0 bridgehead atoms. The zero-order chi connectivity index (χ0) is 21.7. The number of fused-ring (bicyclic) bond motifs is 1. The first kappa shape index (κ1) is 22.6. The second-order valence-corrected chi connectivity index (χ2v) is 8.99. The van der Waals surface area contributed by atoms with Gasteiger partial charge in [0, 0.05) is 28.9 Å². The van der Waals surface area contributed by atoms with Gasteiger partial charge in [-0.25, -0.2) is 0 Å². The van der Waals surface area contributed by atoms with Crippen LogP contribution in [0, 0.1) is 0 Å². The van der Waals surface area contributed by atoms with Crippen molar-refractivity contribution in [1.29, 1.82) is 0 Å². The lowest BCUT2D eigenvalue weighted by Gasteiger charge is -2.38. The minimum absolute atomic E-state index is 0.0138. The molecule has 2 aromatic rings. The van der Waals surface area contributed by atoms with Crippen molar-refractivity contribution in [3.8, 4) is 5.75 Å². The Hall–Kier alpha value is -2.05. The summed E-state index contributed by atoms with van der Waals surface area (Å²) in [5.41, 5.74) is 1.14. The fourth-order valence-electron chi connectivity index (χ4n) is 3.73. The molecule has 7 heteroatoms. The molecular weight excluding hydrogens is 420 g/mol. The van der Waals surface area contributed by atoms with Crippen molar-refractivity contribution in [3.63, 3.8) is 0 Å². The second kappa shape index (κ2) is 10.3. The summed E-state index contributed by atoms with van der Waals surface area (Å²) in [7, 11) is 0. The summed E-state index contributed by atoms with van der Waals surface area (Å²) in [6, 6.07) is 9.19. The molecule has 30 heavy (non-hydrogen) atoms. The zero-order valence-electron chi connectivity index (χ0n) is 17.8. The molecule has 1 aromatic heterocycles. The first-order valence-corrected chi connectivity index (χ1v) is 11.7. The number of nitrogens with zero attached hydrogens (tertiary/aromatic N) is 2. The molecule has 0 saturated carbocycles. The normalized spacial score (nSPS) is 16.7. The van der Waals surface area contributed by atoms with Gasteiger partial charge in [-0.05, 0) is 61.0 Å². The van der Waals surface area contributed by atoms with Gasteiger partial charge in [0.2, 0.25) is 11.8 Å². The van der Waals surface area contributed by atoms with Crippen molar-refractivity contribution in [2.24, 2.45) is 0 Å². The third kappa shape index (κ3) is 5.16. The van der Waals surface area contributed by atoms with E-state index in [1.807, 2.05) is 37.8 Å². The van der Waals surface area contributed by atoms with Gasteiger partial charge >= 0.3 is 0 Å². The van der Waals surface area contributed by atoms with E-state index in [1.54, 1.807) is 28.4 Å². The third-order valence-corrected chi connectivity index (χ3v) is 6.94. The lowest BCUT2D eigenvalue weighted by Crippen LogP contribution is -2.49. The number of carbonyl (C=O) groups excluding carboxylic acids is 2. The Morgan fingerprint density at radius 2 is 2.00 bits per heavy atom. The summed E-state index contributed by atoms with van der Waals surface area (Å²) in [5.74, 6) is 0.704. The quantitative estimate of drug-likeness (QED) is 0.574. The predicted octanol–water partition coefficient (Wildman–Crippen LogP) is 4.94. The van der Waals surface area contributed by atoms with Gasteiger partial charge in [-0.15, -0.1) is 11.3 Å².